The highest BCUT2D eigenvalue weighted by molar-refractivity contribution is 5.79. The molecule has 2 rings (SSSR count). The molecule has 1 heterocycles. The molecule has 1 saturated heterocycles. The Bertz CT molecular complexity index is 488. The smallest absolute Gasteiger partial charge is 0.314 e. The van der Waals surface area contributed by atoms with Crippen molar-refractivity contribution in [2.75, 3.05) is 13.1 Å². The Kier molecular flexibility index (Phi) is 5.20. The molecule has 5 nitrogen and oxygen atoms in total. The van der Waals surface area contributed by atoms with E-state index in [2.05, 4.69) is 10.6 Å². The third kappa shape index (κ3) is 4.77. The highest BCUT2D eigenvalue weighted by Gasteiger charge is 2.29. The molecule has 1 aromatic rings. The van der Waals surface area contributed by atoms with E-state index in [1.165, 1.54) is 0 Å². The molecule has 1 fully saturated rings. The van der Waals surface area contributed by atoms with Crippen LogP contribution in [-0.4, -0.2) is 36.0 Å². The summed E-state index contributed by atoms with van der Waals surface area (Å²) in [5, 5.41) is 5.61. The lowest BCUT2D eigenvalue weighted by atomic mass is 10.1. The van der Waals surface area contributed by atoms with Crippen LogP contribution >= 0.6 is 0 Å². The second kappa shape index (κ2) is 7.11. The van der Waals surface area contributed by atoms with E-state index < -0.39 is 0 Å². The first kappa shape index (κ1) is 15.4. The lowest BCUT2D eigenvalue weighted by Crippen LogP contribution is -2.41. The average molecular weight is 289 g/mol. The molecule has 1 aliphatic rings. The molecule has 2 N–H and O–H groups in total. The predicted molar refractivity (Wildman–Crippen MR) is 81.6 cm³/mol. The molecule has 0 spiro atoms. The van der Waals surface area contributed by atoms with Gasteiger partial charge in [0.05, 0.1) is 0 Å². The SMILES string of the molecule is CC(C)NC(=O)NCC1CC(=O)N(Cc2ccccc2)C1. The number of rotatable bonds is 5. The van der Waals surface area contributed by atoms with Crippen LogP contribution in [0.1, 0.15) is 25.8 Å². The zero-order valence-corrected chi connectivity index (χ0v) is 12.6. The van der Waals surface area contributed by atoms with Crippen LogP contribution in [0.2, 0.25) is 0 Å². The molecule has 114 valence electrons. The Hall–Kier alpha value is -2.04. The van der Waals surface area contributed by atoms with E-state index in [0.717, 1.165) is 5.56 Å². The molecular weight excluding hydrogens is 266 g/mol. The van der Waals surface area contributed by atoms with Crippen LogP contribution in [-0.2, 0) is 11.3 Å². The molecule has 5 heteroatoms. The fraction of sp³-hybridized carbons (Fsp3) is 0.500. The lowest BCUT2D eigenvalue weighted by Gasteiger charge is -2.17. The van der Waals surface area contributed by atoms with Gasteiger partial charge in [0, 0.05) is 38.0 Å². The molecule has 0 saturated carbocycles. The van der Waals surface area contributed by atoms with Crippen molar-refractivity contribution >= 4 is 11.9 Å². The summed E-state index contributed by atoms with van der Waals surface area (Å²) in [6.45, 7) is 5.72. The van der Waals surface area contributed by atoms with Crippen LogP contribution in [0.15, 0.2) is 30.3 Å². The summed E-state index contributed by atoms with van der Waals surface area (Å²) in [6, 6.07) is 9.92. The Morgan fingerprint density at radius 3 is 2.71 bits per heavy atom. The molecule has 1 aliphatic heterocycles. The first-order valence-electron chi connectivity index (χ1n) is 7.40. The minimum Gasteiger partial charge on any atom is -0.338 e. The molecule has 1 aromatic carbocycles. The first-order chi connectivity index (χ1) is 10.0. The number of likely N-dealkylation sites (tertiary alicyclic amines) is 1. The topological polar surface area (TPSA) is 61.4 Å². The minimum atomic E-state index is -0.168. The molecule has 0 radical (unpaired) electrons. The summed E-state index contributed by atoms with van der Waals surface area (Å²) >= 11 is 0. The van der Waals surface area contributed by atoms with Crippen molar-refractivity contribution in [3.05, 3.63) is 35.9 Å². The maximum atomic E-state index is 12.0. The summed E-state index contributed by atoms with van der Waals surface area (Å²) < 4.78 is 0. The monoisotopic (exact) mass is 289 g/mol. The van der Waals surface area contributed by atoms with Gasteiger partial charge in [-0.25, -0.2) is 4.79 Å². The van der Waals surface area contributed by atoms with Crippen LogP contribution in [0.4, 0.5) is 4.79 Å². The Morgan fingerprint density at radius 2 is 2.05 bits per heavy atom. The van der Waals surface area contributed by atoms with Gasteiger partial charge in [0.15, 0.2) is 0 Å². The molecule has 1 unspecified atom stereocenters. The number of hydrogen-bond acceptors (Lipinski definition) is 2. The summed E-state index contributed by atoms with van der Waals surface area (Å²) in [7, 11) is 0. The van der Waals surface area contributed by atoms with Crippen LogP contribution < -0.4 is 10.6 Å². The van der Waals surface area contributed by atoms with Crippen molar-refractivity contribution in [2.45, 2.75) is 32.9 Å². The largest absolute Gasteiger partial charge is 0.338 e. The third-order valence-corrected chi connectivity index (χ3v) is 3.48. The van der Waals surface area contributed by atoms with Gasteiger partial charge in [-0.15, -0.1) is 0 Å². The van der Waals surface area contributed by atoms with Gasteiger partial charge >= 0.3 is 6.03 Å². The average Bonchev–Trinajstić information content (AvgIpc) is 2.77. The van der Waals surface area contributed by atoms with Gasteiger partial charge in [-0.2, -0.15) is 0 Å². The van der Waals surface area contributed by atoms with Crippen molar-refractivity contribution in [3.8, 4) is 0 Å². The zero-order chi connectivity index (χ0) is 15.2. The number of urea groups is 1. The van der Waals surface area contributed by atoms with Crippen LogP contribution in [0.25, 0.3) is 0 Å². The lowest BCUT2D eigenvalue weighted by molar-refractivity contribution is -0.128. The maximum absolute atomic E-state index is 12.0. The second-order valence-corrected chi connectivity index (χ2v) is 5.84. The second-order valence-electron chi connectivity index (χ2n) is 5.84. The van der Waals surface area contributed by atoms with Crippen molar-refractivity contribution in [1.82, 2.24) is 15.5 Å². The van der Waals surface area contributed by atoms with E-state index in [1.54, 1.807) is 0 Å². The summed E-state index contributed by atoms with van der Waals surface area (Å²) in [6.07, 6.45) is 0.509. The Morgan fingerprint density at radius 1 is 1.33 bits per heavy atom. The molecule has 1 atom stereocenters. The van der Waals surface area contributed by atoms with Gasteiger partial charge < -0.3 is 15.5 Å². The number of benzene rings is 1. The van der Waals surface area contributed by atoms with Crippen molar-refractivity contribution < 1.29 is 9.59 Å². The number of nitrogens with zero attached hydrogens (tertiary/aromatic N) is 1. The Balaban J connectivity index is 1.78. The molecule has 0 aromatic heterocycles. The van der Waals surface area contributed by atoms with E-state index in [1.807, 2.05) is 49.1 Å². The molecular formula is C16H23N3O2. The zero-order valence-electron chi connectivity index (χ0n) is 12.6. The number of carbonyl (C=O) groups excluding carboxylic acids is 2. The van der Waals surface area contributed by atoms with Gasteiger partial charge in [0.25, 0.3) is 0 Å². The van der Waals surface area contributed by atoms with E-state index in [4.69, 9.17) is 0 Å². The summed E-state index contributed by atoms with van der Waals surface area (Å²) in [5.74, 6) is 0.356. The van der Waals surface area contributed by atoms with E-state index in [0.29, 0.717) is 26.1 Å². The number of carbonyl (C=O) groups is 2. The molecule has 0 aliphatic carbocycles. The minimum absolute atomic E-state index is 0.116. The van der Waals surface area contributed by atoms with Crippen molar-refractivity contribution in [1.29, 1.82) is 0 Å². The maximum Gasteiger partial charge on any atom is 0.314 e. The number of nitrogens with one attached hydrogen (secondary N) is 2. The standard InChI is InChI=1S/C16H23N3O2/c1-12(2)18-16(21)17-9-14-8-15(20)19(11-14)10-13-6-4-3-5-7-13/h3-7,12,14H,8-11H2,1-2H3,(H2,17,18,21). The normalized spacial score (nSPS) is 18.1. The molecule has 21 heavy (non-hydrogen) atoms. The Labute approximate surface area is 125 Å². The number of amides is 3. The van der Waals surface area contributed by atoms with Crippen molar-refractivity contribution in [2.24, 2.45) is 5.92 Å². The summed E-state index contributed by atoms with van der Waals surface area (Å²) in [4.78, 5) is 25.4. The highest BCUT2D eigenvalue weighted by atomic mass is 16.2. The highest BCUT2D eigenvalue weighted by Crippen LogP contribution is 2.19. The van der Waals surface area contributed by atoms with Crippen molar-refractivity contribution in [3.63, 3.8) is 0 Å². The fourth-order valence-corrected chi connectivity index (χ4v) is 2.50. The van der Waals surface area contributed by atoms with E-state index in [-0.39, 0.29) is 23.9 Å². The van der Waals surface area contributed by atoms with Gasteiger partial charge in [-0.05, 0) is 19.4 Å². The van der Waals surface area contributed by atoms with Gasteiger partial charge in [0.2, 0.25) is 5.91 Å². The fourth-order valence-electron chi connectivity index (χ4n) is 2.50. The quantitative estimate of drug-likeness (QED) is 0.867. The first-order valence-corrected chi connectivity index (χ1v) is 7.40. The van der Waals surface area contributed by atoms with Gasteiger partial charge in [-0.3, -0.25) is 4.79 Å². The molecule has 3 amide bonds. The van der Waals surface area contributed by atoms with Crippen LogP contribution in [0, 0.1) is 5.92 Å². The van der Waals surface area contributed by atoms with Gasteiger partial charge in [0.1, 0.15) is 0 Å². The molecule has 0 bridgehead atoms. The van der Waals surface area contributed by atoms with Crippen LogP contribution in [0.3, 0.4) is 0 Å². The van der Waals surface area contributed by atoms with E-state index in [9.17, 15) is 9.59 Å². The van der Waals surface area contributed by atoms with E-state index >= 15 is 0 Å². The third-order valence-electron chi connectivity index (χ3n) is 3.48. The predicted octanol–water partition coefficient (Wildman–Crippen LogP) is 1.74. The summed E-state index contributed by atoms with van der Waals surface area (Å²) in [5.41, 5.74) is 1.14. The number of hydrogen-bond donors (Lipinski definition) is 2. The van der Waals surface area contributed by atoms with Crippen LogP contribution in [0.5, 0.6) is 0 Å². The van der Waals surface area contributed by atoms with Gasteiger partial charge in [-0.1, -0.05) is 30.3 Å².